The number of hydrogen-bond acceptors (Lipinski definition) is 4. The molecule has 2 aromatic rings. The highest BCUT2D eigenvalue weighted by Crippen LogP contribution is 2.32. The molecule has 0 amide bonds. The van der Waals surface area contributed by atoms with E-state index in [9.17, 15) is 0 Å². The maximum atomic E-state index is 6.01. The van der Waals surface area contributed by atoms with Crippen LogP contribution in [0.15, 0.2) is 30.7 Å². The van der Waals surface area contributed by atoms with Crippen LogP contribution in [0.4, 0.5) is 5.69 Å². The molecule has 3 rings (SSSR count). The highest BCUT2D eigenvalue weighted by molar-refractivity contribution is 5.43. The summed E-state index contributed by atoms with van der Waals surface area (Å²) in [6, 6.07) is 4.15. The molecule has 3 heterocycles. The summed E-state index contributed by atoms with van der Waals surface area (Å²) in [5.41, 5.74) is 2.25. The molecular weight excluding hydrogens is 276 g/mol. The van der Waals surface area contributed by atoms with Crippen molar-refractivity contribution in [2.75, 3.05) is 18.5 Å². The molecule has 1 aliphatic heterocycles. The quantitative estimate of drug-likeness (QED) is 0.922. The largest absolute Gasteiger partial charge is 0.385 e. The number of aromatic nitrogens is 3. The van der Waals surface area contributed by atoms with E-state index >= 15 is 0 Å². The van der Waals surface area contributed by atoms with Crippen LogP contribution >= 0.6 is 0 Å². The van der Waals surface area contributed by atoms with Crippen molar-refractivity contribution >= 4 is 5.69 Å². The molecule has 0 saturated carbocycles. The maximum absolute atomic E-state index is 6.01. The van der Waals surface area contributed by atoms with E-state index in [1.807, 2.05) is 31.7 Å². The summed E-state index contributed by atoms with van der Waals surface area (Å²) < 4.78 is 8.07. The van der Waals surface area contributed by atoms with E-state index in [-0.39, 0.29) is 6.10 Å². The first kappa shape index (κ1) is 15.0. The molecule has 1 saturated heterocycles. The van der Waals surface area contributed by atoms with E-state index in [1.165, 1.54) is 0 Å². The first-order valence-corrected chi connectivity index (χ1v) is 8.05. The molecule has 0 bridgehead atoms. The second-order valence-corrected chi connectivity index (χ2v) is 5.86. The van der Waals surface area contributed by atoms with Gasteiger partial charge >= 0.3 is 0 Å². The molecule has 1 fully saturated rings. The number of nitrogens with zero attached hydrogens (tertiary/aromatic N) is 3. The van der Waals surface area contributed by atoms with Gasteiger partial charge in [-0.1, -0.05) is 6.92 Å². The van der Waals surface area contributed by atoms with Gasteiger partial charge in [0.1, 0.15) is 11.9 Å². The van der Waals surface area contributed by atoms with Gasteiger partial charge < -0.3 is 14.6 Å². The van der Waals surface area contributed by atoms with Gasteiger partial charge in [0, 0.05) is 56.1 Å². The zero-order valence-corrected chi connectivity index (χ0v) is 13.3. The van der Waals surface area contributed by atoms with Gasteiger partial charge in [-0.15, -0.1) is 0 Å². The number of nitrogens with one attached hydrogen (secondary N) is 1. The Morgan fingerprint density at radius 3 is 3.05 bits per heavy atom. The third-order valence-corrected chi connectivity index (χ3v) is 4.30. The molecular formula is C17H24N4O. The van der Waals surface area contributed by atoms with E-state index in [4.69, 9.17) is 4.74 Å². The van der Waals surface area contributed by atoms with Gasteiger partial charge in [-0.25, -0.2) is 4.98 Å². The van der Waals surface area contributed by atoms with Crippen molar-refractivity contribution in [2.24, 2.45) is 13.0 Å². The first-order valence-electron chi connectivity index (χ1n) is 8.05. The van der Waals surface area contributed by atoms with Crippen LogP contribution in [0.1, 0.15) is 37.4 Å². The smallest absolute Gasteiger partial charge is 0.138 e. The van der Waals surface area contributed by atoms with Gasteiger partial charge in [0.05, 0.1) is 0 Å². The predicted octanol–water partition coefficient (Wildman–Crippen LogP) is 2.96. The van der Waals surface area contributed by atoms with Crippen molar-refractivity contribution in [3.8, 4) is 0 Å². The second-order valence-electron chi connectivity index (χ2n) is 5.86. The Morgan fingerprint density at radius 1 is 1.36 bits per heavy atom. The van der Waals surface area contributed by atoms with Crippen molar-refractivity contribution in [1.82, 2.24) is 14.5 Å². The molecule has 0 radical (unpaired) electrons. The van der Waals surface area contributed by atoms with E-state index in [0.717, 1.165) is 49.6 Å². The average molecular weight is 300 g/mol. The third kappa shape index (κ3) is 3.30. The van der Waals surface area contributed by atoms with Crippen LogP contribution < -0.4 is 5.32 Å². The number of ether oxygens (including phenoxy) is 1. The minimum atomic E-state index is 0.0775. The summed E-state index contributed by atoms with van der Waals surface area (Å²) in [7, 11) is 2.03. The van der Waals surface area contributed by atoms with Gasteiger partial charge in [0.15, 0.2) is 0 Å². The van der Waals surface area contributed by atoms with Gasteiger partial charge in [0.25, 0.3) is 0 Å². The molecule has 0 spiro atoms. The lowest BCUT2D eigenvalue weighted by molar-refractivity contribution is -0.0304. The Labute approximate surface area is 131 Å². The first-order chi connectivity index (χ1) is 10.8. The Morgan fingerprint density at radius 2 is 2.27 bits per heavy atom. The van der Waals surface area contributed by atoms with Crippen LogP contribution in [0.2, 0.25) is 0 Å². The molecule has 0 unspecified atom stereocenters. The van der Waals surface area contributed by atoms with Crippen molar-refractivity contribution in [2.45, 2.75) is 32.3 Å². The molecule has 5 nitrogen and oxygen atoms in total. The highest BCUT2D eigenvalue weighted by atomic mass is 16.5. The SMILES string of the molecule is CCc1cc(NC[C@@H]2CCCO[C@H]2c2nccn2C)ccn1. The fraction of sp³-hybridized carbons (Fsp3) is 0.529. The highest BCUT2D eigenvalue weighted by Gasteiger charge is 2.30. The summed E-state index contributed by atoms with van der Waals surface area (Å²) in [6.45, 7) is 3.84. The second kappa shape index (κ2) is 6.92. The Kier molecular flexibility index (Phi) is 4.73. The van der Waals surface area contributed by atoms with E-state index in [1.54, 1.807) is 0 Å². The van der Waals surface area contributed by atoms with Crippen LogP contribution in [-0.4, -0.2) is 27.7 Å². The normalized spacial score (nSPS) is 21.7. The molecule has 1 aliphatic rings. The molecule has 22 heavy (non-hydrogen) atoms. The number of hydrogen-bond donors (Lipinski definition) is 1. The standard InChI is InChI=1S/C17H24N4O/c1-3-14-11-15(6-7-18-14)20-12-13-5-4-10-22-16(13)17-19-8-9-21(17)2/h6-9,11,13,16H,3-5,10,12H2,1-2H3,(H,18,20)/t13-,16+/m0/s1. The Hall–Kier alpha value is -1.88. The summed E-state index contributed by atoms with van der Waals surface area (Å²) in [6.07, 6.45) is 9.00. The number of pyridine rings is 1. The molecule has 118 valence electrons. The van der Waals surface area contributed by atoms with E-state index < -0.39 is 0 Å². The number of imidazole rings is 1. The molecule has 2 aromatic heterocycles. The van der Waals surface area contributed by atoms with Gasteiger partial charge in [-0.3, -0.25) is 4.98 Å². The van der Waals surface area contributed by atoms with Crippen LogP contribution in [0.3, 0.4) is 0 Å². The van der Waals surface area contributed by atoms with Crippen LogP contribution in [0, 0.1) is 5.92 Å². The molecule has 1 N–H and O–H groups in total. The Balaban J connectivity index is 1.68. The minimum Gasteiger partial charge on any atom is -0.385 e. The van der Waals surface area contributed by atoms with Crippen LogP contribution in [0.25, 0.3) is 0 Å². The van der Waals surface area contributed by atoms with Crippen molar-refractivity contribution in [1.29, 1.82) is 0 Å². The number of anilines is 1. The fourth-order valence-corrected chi connectivity index (χ4v) is 3.02. The molecule has 0 aliphatic carbocycles. The van der Waals surface area contributed by atoms with Crippen molar-refractivity contribution in [3.05, 3.63) is 42.2 Å². The average Bonchev–Trinajstić information content (AvgIpc) is 2.99. The minimum absolute atomic E-state index is 0.0775. The van der Waals surface area contributed by atoms with Crippen LogP contribution in [-0.2, 0) is 18.2 Å². The molecule has 2 atom stereocenters. The lowest BCUT2D eigenvalue weighted by Crippen LogP contribution is -2.30. The fourth-order valence-electron chi connectivity index (χ4n) is 3.02. The van der Waals surface area contributed by atoms with Crippen molar-refractivity contribution < 1.29 is 4.74 Å². The molecule has 5 heteroatoms. The van der Waals surface area contributed by atoms with Crippen LogP contribution in [0.5, 0.6) is 0 Å². The number of aryl methyl sites for hydroxylation is 2. The third-order valence-electron chi connectivity index (χ3n) is 4.30. The zero-order valence-electron chi connectivity index (χ0n) is 13.3. The predicted molar refractivity (Wildman–Crippen MR) is 86.7 cm³/mol. The Bertz CT molecular complexity index is 610. The van der Waals surface area contributed by atoms with E-state index in [2.05, 4.69) is 32.8 Å². The monoisotopic (exact) mass is 300 g/mol. The lowest BCUT2D eigenvalue weighted by Gasteiger charge is -2.31. The zero-order chi connectivity index (χ0) is 15.4. The lowest BCUT2D eigenvalue weighted by atomic mass is 9.93. The summed E-state index contributed by atoms with van der Waals surface area (Å²) in [5.74, 6) is 1.46. The summed E-state index contributed by atoms with van der Waals surface area (Å²) in [4.78, 5) is 8.81. The van der Waals surface area contributed by atoms with Gasteiger partial charge in [-0.2, -0.15) is 0 Å². The summed E-state index contributed by atoms with van der Waals surface area (Å²) >= 11 is 0. The molecule has 0 aromatic carbocycles. The summed E-state index contributed by atoms with van der Waals surface area (Å²) in [5, 5.41) is 3.54. The van der Waals surface area contributed by atoms with Crippen molar-refractivity contribution in [3.63, 3.8) is 0 Å². The van der Waals surface area contributed by atoms with Gasteiger partial charge in [-0.05, 0) is 31.4 Å². The topological polar surface area (TPSA) is 52.0 Å². The van der Waals surface area contributed by atoms with E-state index in [0.29, 0.717) is 5.92 Å². The number of rotatable bonds is 5. The van der Waals surface area contributed by atoms with Gasteiger partial charge in [0.2, 0.25) is 0 Å². The maximum Gasteiger partial charge on any atom is 0.138 e.